The molecule has 1 aromatic rings. The fraction of sp³-hybridized carbons (Fsp3) is 0.636. The molecule has 1 rings (SSSR count). The van der Waals surface area contributed by atoms with E-state index in [-0.39, 0.29) is 11.6 Å². The Morgan fingerprint density at radius 2 is 2.29 bits per heavy atom. The largest absolute Gasteiger partial charge is 0.382 e. The summed E-state index contributed by atoms with van der Waals surface area (Å²) in [6.07, 6.45) is 0. The van der Waals surface area contributed by atoms with Gasteiger partial charge in [0.25, 0.3) is 5.91 Å². The number of amides is 1. The van der Waals surface area contributed by atoms with E-state index in [0.717, 1.165) is 0 Å². The molecule has 0 radical (unpaired) electrons. The van der Waals surface area contributed by atoms with Gasteiger partial charge in [-0.25, -0.2) is 0 Å². The molecule has 6 heteroatoms. The minimum atomic E-state index is -0.552. The summed E-state index contributed by atoms with van der Waals surface area (Å²) in [4.78, 5) is 11.7. The molecule has 0 aliphatic heterocycles. The number of rotatable bonds is 6. The van der Waals surface area contributed by atoms with Crippen LogP contribution in [0.3, 0.4) is 0 Å². The molecule has 0 aliphatic carbocycles. The average molecular weight is 242 g/mol. The zero-order chi connectivity index (χ0) is 12.9. The normalized spacial score (nSPS) is 14.4. The molecule has 0 saturated heterocycles. The summed E-state index contributed by atoms with van der Waals surface area (Å²) in [5.74, 6) is 0.308. The van der Waals surface area contributed by atoms with Crippen LogP contribution in [0.25, 0.3) is 0 Å². The Morgan fingerprint density at radius 3 is 2.76 bits per heavy atom. The number of hydrogen-bond donors (Lipinski definition) is 1. The second-order valence-corrected chi connectivity index (χ2v) is 4.09. The molecule has 0 spiro atoms. The number of nitrogens with one attached hydrogen (secondary N) is 1. The highest BCUT2D eigenvalue weighted by Gasteiger charge is 2.25. The maximum atomic E-state index is 11.7. The Kier molecular flexibility index (Phi) is 4.65. The van der Waals surface area contributed by atoms with Gasteiger partial charge in [0.1, 0.15) is 11.4 Å². The van der Waals surface area contributed by atoms with Crippen LogP contribution in [0.4, 0.5) is 0 Å². The summed E-state index contributed by atoms with van der Waals surface area (Å²) in [5, 5.41) is 6.35. The maximum absolute atomic E-state index is 11.7. The van der Waals surface area contributed by atoms with Gasteiger partial charge in [-0.3, -0.25) is 4.79 Å². The maximum Gasteiger partial charge on any atom is 0.273 e. The number of aromatic nitrogens is 1. The summed E-state index contributed by atoms with van der Waals surface area (Å²) < 4.78 is 15.1. The van der Waals surface area contributed by atoms with E-state index in [9.17, 15) is 4.79 Å². The monoisotopic (exact) mass is 242 g/mol. The third-order valence-electron chi connectivity index (χ3n) is 2.43. The molecule has 0 unspecified atom stereocenters. The van der Waals surface area contributed by atoms with Gasteiger partial charge < -0.3 is 19.3 Å². The van der Waals surface area contributed by atoms with Crippen molar-refractivity contribution in [1.82, 2.24) is 10.5 Å². The van der Waals surface area contributed by atoms with Crippen molar-refractivity contribution in [2.45, 2.75) is 19.4 Å². The number of ether oxygens (including phenoxy) is 2. The van der Waals surface area contributed by atoms with Crippen molar-refractivity contribution in [2.24, 2.45) is 0 Å². The topological polar surface area (TPSA) is 73.6 Å². The summed E-state index contributed by atoms with van der Waals surface area (Å²) >= 11 is 0. The summed E-state index contributed by atoms with van der Waals surface area (Å²) in [6, 6.07) is 1.58. The van der Waals surface area contributed by atoms with Crippen molar-refractivity contribution in [3.05, 3.63) is 17.5 Å². The Balaban J connectivity index is 2.52. The lowest BCUT2D eigenvalue weighted by molar-refractivity contribution is -0.0480. The molecule has 1 atom stereocenters. The van der Waals surface area contributed by atoms with Crippen LogP contribution < -0.4 is 5.32 Å². The average Bonchev–Trinajstić information content (AvgIpc) is 2.73. The van der Waals surface area contributed by atoms with Crippen LogP contribution in [-0.4, -0.2) is 44.0 Å². The summed E-state index contributed by atoms with van der Waals surface area (Å²) in [5.41, 5.74) is -0.290. The SMILES string of the molecule is COC[C@](C)(CNC(=O)c1cc(C)on1)OC. The number of methoxy groups -OCH3 is 2. The molecule has 6 nitrogen and oxygen atoms in total. The molecule has 1 aromatic heterocycles. The van der Waals surface area contributed by atoms with E-state index in [0.29, 0.717) is 18.9 Å². The third kappa shape index (κ3) is 3.83. The van der Waals surface area contributed by atoms with Crippen molar-refractivity contribution in [2.75, 3.05) is 27.4 Å². The molecule has 0 bridgehead atoms. The number of carbonyl (C=O) groups excluding carboxylic acids is 1. The number of carbonyl (C=O) groups is 1. The Labute approximate surface area is 100 Å². The van der Waals surface area contributed by atoms with E-state index < -0.39 is 5.60 Å². The fourth-order valence-corrected chi connectivity index (χ4v) is 1.32. The summed E-state index contributed by atoms with van der Waals surface area (Å²) in [7, 11) is 3.16. The van der Waals surface area contributed by atoms with Gasteiger partial charge in [-0.1, -0.05) is 5.16 Å². The van der Waals surface area contributed by atoms with Crippen molar-refractivity contribution in [3.63, 3.8) is 0 Å². The lowest BCUT2D eigenvalue weighted by atomic mass is 10.1. The summed E-state index contributed by atoms with van der Waals surface area (Å²) in [6.45, 7) is 4.31. The molecule has 96 valence electrons. The predicted molar refractivity (Wildman–Crippen MR) is 60.9 cm³/mol. The van der Waals surface area contributed by atoms with Crippen molar-refractivity contribution < 1.29 is 18.8 Å². The van der Waals surface area contributed by atoms with Crippen LogP contribution in [0.15, 0.2) is 10.6 Å². The third-order valence-corrected chi connectivity index (χ3v) is 2.43. The lowest BCUT2D eigenvalue weighted by Crippen LogP contribution is -2.45. The first kappa shape index (κ1) is 13.7. The van der Waals surface area contributed by atoms with E-state index in [1.165, 1.54) is 0 Å². The van der Waals surface area contributed by atoms with E-state index in [1.54, 1.807) is 27.2 Å². The van der Waals surface area contributed by atoms with Gasteiger partial charge in [-0.2, -0.15) is 0 Å². The second-order valence-electron chi connectivity index (χ2n) is 4.09. The van der Waals surface area contributed by atoms with E-state index in [4.69, 9.17) is 14.0 Å². The van der Waals surface area contributed by atoms with Crippen LogP contribution in [0.5, 0.6) is 0 Å². The van der Waals surface area contributed by atoms with Gasteiger partial charge in [0, 0.05) is 26.8 Å². The predicted octanol–water partition coefficient (Wildman–Crippen LogP) is 0.764. The zero-order valence-corrected chi connectivity index (χ0v) is 10.6. The number of hydrogen-bond acceptors (Lipinski definition) is 5. The molecule has 1 amide bonds. The van der Waals surface area contributed by atoms with E-state index in [2.05, 4.69) is 10.5 Å². The quantitative estimate of drug-likeness (QED) is 0.797. The van der Waals surface area contributed by atoms with Gasteiger partial charge in [0.05, 0.1) is 6.61 Å². The molecule has 1 heterocycles. The van der Waals surface area contributed by atoms with Gasteiger partial charge in [-0.15, -0.1) is 0 Å². The first-order valence-corrected chi connectivity index (χ1v) is 5.26. The second kappa shape index (κ2) is 5.79. The molecule has 0 fully saturated rings. The molecular weight excluding hydrogens is 224 g/mol. The van der Waals surface area contributed by atoms with Crippen LogP contribution in [-0.2, 0) is 9.47 Å². The smallest absolute Gasteiger partial charge is 0.273 e. The first-order valence-electron chi connectivity index (χ1n) is 5.26. The Hall–Kier alpha value is -1.40. The standard InChI is InChI=1S/C11H18N2O4/c1-8-5-9(13-17-8)10(14)12-6-11(2,16-4)7-15-3/h5H,6-7H2,1-4H3,(H,12,14)/t11-/m0/s1. The Morgan fingerprint density at radius 1 is 1.59 bits per heavy atom. The van der Waals surface area contributed by atoms with Crippen LogP contribution in [0.1, 0.15) is 23.2 Å². The van der Waals surface area contributed by atoms with Gasteiger partial charge in [-0.05, 0) is 13.8 Å². The van der Waals surface area contributed by atoms with Crippen molar-refractivity contribution >= 4 is 5.91 Å². The molecule has 0 saturated carbocycles. The molecule has 17 heavy (non-hydrogen) atoms. The lowest BCUT2D eigenvalue weighted by Gasteiger charge is -2.27. The minimum Gasteiger partial charge on any atom is -0.382 e. The zero-order valence-electron chi connectivity index (χ0n) is 10.6. The molecule has 0 aliphatic rings. The van der Waals surface area contributed by atoms with Crippen LogP contribution >= 0.6 is 0 Å². The first-order chi connectivity index (χ1) is 8.00. The van der Waals surface area contributed by atoms with Crippen LogP contribution in [0, 0.1) is 6.92 Å². The van der Waals surface area contributed by atoms with E-state index in [1.807, 2.05) is 6.92 Å². The highest BCUT2D eigenvalue weighted by atomic mass is 16.5. The Bertz CT molecular complexity index is 377. The fourth-order valence-electron chi connectivity index (χ4n) is 1.32. The minimum absolute atomic E-state index is 0.262. The molecule has 0 aromatic carbocycles. The highest BCUT2D eigenvalue weighted by molar-refractivity contribution is 5.92. The van der Waals surface area contributed by atoms with Crippen LogP contribution in [0.2, 0.25) is 0 Å². The van der Waals surface area contributed by atoms with Gasteiger partial charge in [0.2, 0.25) is 0 Å². The molecule has 1 N–H and O–H groups in total. The molecular formula is C11H18N2O4. The number of aryl methyl sites for hydroxylation is 1. The number of nitrogens with zero attached hydrogens (tertiary/aromatic N) is 1. The van der Waals surface area contributed by atoms with Gasteiger partial charge in [0.15, 0.2) is 5.69 Å². The van der Waals surface area contributed by atoms with E-state index >= 15 is 0 Å². The van der Waals surface area contributed by atoms with Gasteiger partial charge >= 0.3 is 0 Å². The highest BCUT2D eigenvalue weighted by Crippen LogP contribution is 2.08. The van der Waals surface area contributed by atoms with Crippen molar-refractivity contribution in [3.8, 4) is 0 Å². The van der Waals surface area contributed by atoms with Crippen molar-refractivity contribution in [1.29, 1.82) is 0 Å².